The van der Waals surface area contributed by atoms with E-state index in [1.807, 2.05) is 0 Å². The van der Waals surface area contributed by atoms with Crippen LogP contribution in [-0.4, -0.2) is 36.1 Å². The molecule has 2 aliphatic rings. The van der Waals surface area contributed by atoms with Gasteiger partial charge in [0.1, 0.15) is 0 Å². The largest absolute Gasteiger partial charge is 0.312 e. The van der Waals surface area contributed by atoms with Crippen LogP contribution in [-0.2, 0) is 0 Å². The Hall–Kier alpha value is -0.0800. The van der Waals surface area contributed by atoms with Gasteiger partial charge in [-0.3, -0.25) is 0 Å². The zero-order chi connectivity index (χ0) is 13.0. The highest BCUT2D eigenvalue weighted by molar-refractivity contribution is 4.87. The van der Waals surface area contributed by atoms with Crippen molar-refractivity contribution in [2.75, 3.05) is 19.6 Å². The van der Waals surface area contributed by atoms with Crippen molar-refractivity contribution in [1.29, 1.82) is 0 Å². The minimum Gasteiger partial charge on any atom is -0.312 e. The van der Waals surface area contributed by atoms with Crippen LogP contribution < -0.4 is 5.32 Å². The Bertz CT molecular complexity index is 242. The summed E-state index contributed by atoms with van der Waals surface area (Å²) in [7, 11) is 0. The van der Waals surface area contributed by atoms with Gasteiger partial charge in [-0.05, 0) is 78.4 Å². The highest BCUT2D eigenvalue weighted by atomic mass is 15.2. The Balaban J connectivity index is 1.71. The second-order valence-corrected chi connectivity index (χ2v) is 7.32. The lowest BCUT2D eigenvalue weighted by molar-refractivity contribution is 0.0598. The van der Waals surface area contributed by atoms with Crippen molar-refractivity contribution in [3.05, 3.63) is 0 Å². The minimum atomic E-state index is 0.273. The van der Waals surface area contributed by atoms with Crippen LogP contribution in [0.4, 0.5) is 0 Å². The summed E-state index contributed by atoms with van der Waals surface area (Å²) in [5, 5.41) is 3.61. The fraction of sp³-hybridized carbons (Fsp3) is 1.00. The van der Waals surface area contributed by atoms with Crippen LogP contribution in [0.1, 0.15) is 65.7 Å². The molecule has 1 aliphatic carbocycles. The first-order chi connectivity index (χ1) is 8.56. The Morgan fingerprint density at radius 2 is 1.78 bits per heavy atom. The molecule has 2 unspecified atom stereocenters. The molecule has 2 heteroatoms. The summed E-state index contributed by atoms with van der Waals surface area (Å²) in [5.41, 5.74) is 0.273. The average molecular weight is 252 g/mol. The maximum atomic E-state index is 3.61. The molecule has 2 nitrogen and oxygen atoms in total. The first kappa shape index (κ1) is 14.3. The molecule has 1 N–H and O–H groups in total. The summed E-state index contributed by atoms with van der Waals surface area (Å²) in [6, 6.07) is 0.933. The first-order valence-electron chi connectivity index (χ1n) is 8.05. The van der Waals surface area contributed by atoms with Crippen LogP contribution in [0.15, 0.2) is 0 Å². The quantitative estimate of drug-likeness (QED) is 0.771. The molecule has 18 heavy (non-hydrogen) atoms. The molecule has 0 radical (unpaired) electrons. The van der Waals surface area contributed by atoms with Crippen molar-refractivity contribution >= 4 is 0 Å². The first-order valence-corrected chi connectivity index (χ1v) is 8.05. The third kappa shape index (κ3) is 4.24. The summed E-state index contributed by atoms with van der Waals surface area (Å²) >= 11 is 0. The highest BCUT2D eigenvalue weighted by Gasteiger charge is 2.32. The summed E-state index contributed by atoms with van der Waals surface area (Å²) in [6.07, 6.45) is 10.2. The molecular weight excluding hydrogens is 220 g/mol. The predicted octanol–water partition coefficient (Wildman–Crippen LogP) is 3.42. The van der Waals surface area contributed by atoms with Crippen molar-refractivity contribution in [3.8, 4) is 0 Å². The van der Waals surface area contributed by atoms with Gasteiger partial charge < -0.3 is 10.2 Å². The Morgan fingerprint density at radius 1 is 1.06 bits per heavy atom. The predicted molar refractivity (Wildman–Crippen MR) is 78.9 cm³/mol. The zero-order valence-electron chi connectivity index (χ0n) is 12.7. The topological polar surface area (TPSA) is 15.3 Å². The van der Waals surface area contributed by atoms with Crippen molar-refractivity contribution in [2.24, 2.45) is 5.92 Å². The highest BCUT2D eigenvalue weighted by Crippen LogP contribution is 2.35. The minimum absolute atomic E-state index is 0.273. The molecular formula is C16H32N2. The van der Waals surface area contributed by atoms with Gasteiger partial charge in [0.05, 0.1) is 0 Å². The number of hydrogen-bond acceptors (Lipinski definition) is 2. The second kappa shape index (κ2) is 6.38. The van der Waals surface area contributed by atoms with E-state index >= 15 is 0 Å². The standard InChI is InChI=1S/C16H32N2/c1-16(2,3)17-11-7-13-18-12-6-9-14-8-4-5-10-15(14)18/h14-15,17H,4-13H2,1-3H3. The molecule has 1 heterocycles. The Kier molecular flexibility index (Phi) is 5.08. The monoisotopic (exact) mass is 252 g/mol. The van der Waals surface area contributed by atoms with Crippen LogP contribution in [0.3, 0.4) is 0 Å². The third-order valence-corrected chi connectivity index (χ3v) is 4.64. The van der Waals surface area contributed by atoms with E-state index in [2.05, 4.69) is 31.0 Å². The van der Waals surface area contributed by atoms with Gasteiger partial charge in [-0.1, -0.05) is 12.8 Å². The van der Waals surface area contributed by atoms with Crippen LogP contribution in [0.25, 0.3) is 0 Å². The van der Waals surface area contributed by atoms with E-state index in [9.17, 15) is 0 Å². The van der Waals surface area contributed by atoms with Crippen LogP contribution in [0.5, 0.6) is 0 Å². The summed E-state index contributed by atoms with van der Waals surface area (Å²) in [4.78, 5) is 2.80. The van der Waals surface area contributed by atoms with E-state index < -0.39 is 0 Å². The lowest BCUT2D eigenvalue weighted by Gasteiger charge is -2.44. The lowest BCUT2D eigenvalue weighted by atomic mass is 9.78. The fourth-order valence-corrected chi connectivity index (χ4v) is 3.75. The van der Waals surface area contributed by atoms with Gasteiger partial charge >= 0.3 is 0 Å². The van der Waals surface area contributed by atoms with E-state index in [0.29, 0.717) is 0 Å². The van der Waals surface area contributed by atoms with Gasteiger partial charge in [0.2, 0.25) is 0 Å². The Labute approximate surface area is 114 Å². The van der Waals surface area contributed by atoms with Gasteiger partial charge in [0.25, 0.3) is 0 Å². The number of rotatable bonds is 4. The SMILES string of the molecule is CC(C)(C)NCCCN1CCCC2CCCCC21. The summed E-state index contributed by atoms with van der Waals surface area (Å²) in [6.45, 7) is 10.6. The molecule has 2 fully saturated rings. The third-order valence-electron chi connectivity index (χ3n) is 4.64. The van der Waals surface area contributed by atoms with Crippen molar-refractivity contribution in [2.45, 2.75) is 77.3 Å². The van der Waals surface area contributed by atoms with Gasteiger partial charge in [-0.2, -0.15) is 0 Å². The number of likely N-dealkylation sites (tertiary alicyclic amines) is 1. The average Bonchev–Trinajstić information content (AvgIpc) is 2.33. The van der Waals surface area contributed by atoms with Crippen LogP contribution >= 0.6 is 0 Å². The van der Waals surface area contributed by atoms with Gasteiger partial charge in [-0.25, -0.2) is 0 Å². The van der Waals surface area contributed by atoms with Crippen LogP contribution in [0.2, 0.25) is 0 Å². The van der Waals surface area contributed by atoms with E-state index in [1.165, 1.54) is 58.0 Å². The summed E-state index contributed by atoms with van der Waals surface area (Å²) in [5.74, 6) is 1.03. The maximum absolute atomic E-state index is 3.61. The van der Waals surface area contributed by atoms with E-state index in [0.717, 1.165) is 18.5 Å². The number of fused-ring (bicyclic) bond motifs is 1. The number of piperidine rings is 1. The van der Waals surface area contributed by atoms with Gasteiger partial charge in [0.15, 0.2) is 0 Å². The molecule has 0 bridgehead atoms. The van der Waals surface area contributed by atoms with E-state index in [-0.39, 0.29) is 5.54 Å². The molecule has 0 aromatic rings. The molecule has 1 saturated heterocycles. The molecule has 1 saturated carbocycles. The van der Waals surface area contributed by atoms with Crippen molar-refractivity contribution < 1.29 is 0 Å². The van der Waals surface area contributed by atoms with E-state index in [1.54, 1.807) is 0 Å². The molecule has 2 rings (SSSR count). The second-order valence-electron chi connectivity index (χ2n) is 7.32. The zero-order valence-corrected chi connectivity index (χ0v) is 12.7. The lowest BCUT2D eigenvalue weighted by Crippen LogP contribution is -2.47. The molecule has 1 aliphatic heterocycles. The van der Waals surface area contributed by atoms with Gasteiger partial charge in [-0.15, -0.1) is 0 Å². The van der Waals surface area contributed by atoms with E-state index in [4.69, 9.17) is 0 Å². The maximum Gasteiger partial charge on any atom is 0.0123 e. The molecule has 106 valence electrons. The number of nitrogens with one attached hydrogen (secondary N) is 1. The molecule has 2 atom stereocenters. The number of nitrogens with zero attached hydrogens (tertiary/aromatic N) is 1. The van der Waals surface area contributed by atoms with Crippen molar-refractivity contribution in [3.63, 3.8) is 0 Å². The molecule has 0 aromatic carbocycles. The summed E-state index contributed by atoms with van der Waals surface area (Å²) < 4.78 is 0. The Morgan fingerprint density at radius 3 is 2.56 bits per heavy atom. The van der Waals surface area contributed by atoms with Crippen LogP contribution in [0, 0.1) is 5.92 Å². The fourth-order valence-electron chi connectivity index (χ4n) is 3.75. The molecule has 0 amide bonds. The van der Waals surface area contributed by atoms with Gasteiger partial charge in [0, 0.05) is 11.6 Å². The molecule has 0 aromatic heterocycles. The van der Waals surface area contributed by atoms with Crippen molar-refractivity contribution in [1.82, 2.24) is 10.2 Å². The molecule has 0 spiro atoms. The number of hydrogen-bond donors (Lipinski definition) is 1. The smallest absolute Gasteiger partial charge is 0.0123 e. The normalized spacial score (nSPS) is 30.2.